The van der Waals surface area contributed by atoms with Crippen LogP contribution in [-0.4, -0.2) is 25.3 Å². The summed E-state index contributed by atoms with van der Waals surface area (Å²) in [7, 11) is -3.53. The number of hydrogen-bond acceptors (Lipinski definition) is 4. The van der Waals surface area contributed by atoms with Crippen molar-refractivity contribution in [2.45, 2.75) is 58.0 Å². The van der Waals surface area contributed by atoms with Crippen molar-refractivity contribution in [1.29, 1.82) is 0 Å². The molecule has 1 fully saturated rings. The molecule has 2 N–H and O–H groups in total. The van der Waals surface area contributed by atoms with Crippen LogP contribution in [0.2, 0.25) is 0 Å². The minimum Gasteiger partial charge on any atom is -0.465 e. The zero-order valence-corrected chi connectivity index (χ0v) is 13.5. The number of rotatable bonds is 6. The van der Waals surface area contributed by atoms with E-state index in [1.165, 1.54) is 0 Å². The fourth-order valence-electron chi connectivity index (χ4n) is 2.57. The number of aryl methyl sites for hydroxylation is 2. The molecule has 0 saturated heterocycles. The van der Waals surface area contributed by atoms with Gasteiger partial charge in [-0.15, -0.1) is 0 Å². The molecular weight excluding hydrogens is 276 g/mol. The lowest BCUT2D eigenvalue weighted by atomic mass is 10.2. The Bertz CT molecular complexity index is 586. The highest BCUT2D eigenvalue weighted by atomic mass is 32.2. The molecule has 0 amide bonds. The Hall–Kier alpha value is -0.850. The summed E-state index contributed by atoms with van der Waals surface area (Å²) in [5.74, 6) is 1.33. The van der Waals surface area contributed by atoms with E-state index in [1.54, 1.807) is 18.2 Å². The molecule has 0 bridgehead atoms. The van der Waals surface area contributed by atoms with Crippen LogP contribution in [0, 0.1) is 19.8 Å². The van der Waals surface area contributed by atoms with Gasteiger partial charge in [0.1, 0.15) is 16.4 Å². The van der Waals surface area contributed by atoms with Crippen LogP contribution in [0.3, 0.4) is 0 Å². The largest absolute Gasteiger partial charge is 0.465 e. The molecule has 114 valence electrons. The van der Waals surface area contributed by atoms with Crippen molar-refractivity contribution in [3.63, 3.8) is 0 Å². The first-order valence-electron chi connectivity index (χ1n) is 7.09. The average molecular weight is 300 g/mol. The van der Waals surface area contributed by atoms with Gasteiger partial charge in [0.2, 0.25) is 10.0 Å². The zero-order chi connectivity index (χ0) is 15.1. The van der Waals surface area contributed by atoms with Gasteiger partial charge in [0.15, 0.2) is 0 Å². The van der Waals surface area contributed by atoms with Crippen LogP contribution in [-0.2, 0) is 16.6 Å². The van der Waals surface area contributed by atoms with E-state index >= 15 is 0 Å². The molecule has 5 nitrogen and oxygen atoms in total. The van der Waals surface area contributed by atoms with E-state index in [4.69, 9.17) is 10.2 Å². The zero-order valence-electron chi connectivity index (χ0n) is 12.6. The van der Waals surface area contributed by atoms with Crippen molar-refractivity contribution in [3.05, 3.63) is 17.1 Å². The van der Waals surface area contributed by atoms with Crippen LogP contribution in [0.4, 0.5) is 0 Å². The SMILES string of the molecule is Cc1oc(C)c(S(=O)(=O)N(CC(C)C)C2CC2)c1CN. The Morgan fingerprint density at radius 2 is 1.90 bits per heavy atom. The highest BCUT2D eigenvalue weighted by molar-refractivity contribution is 7.89. The van der Waals surface area contributed by atoms with Crippen molar-refractivity contribution < 1.29 is 12.8 Å². The summed E-state index contributed by atoms with van der Waals surface area (Å²) < 4.78 is 33.1. The second kappa shape index (κ2) is 5.50. The van der Waals surface area contributed by atoms with Gasteiger partial charge in [-0.25, -0.2) is 8.42 Å². The monoisotopic (exact) mass is 300 g/mol. The maximum Gasteiger partial charge on any atom is 0.247 e. The van der Waals surface area contributed by atoms with Gasteiger partial charge >= 0.3 is 0 Å². The third-order valence-corrected chi connectivity index (χ3v) is 5.71. The van der Waals surface area contributed by atoms with Crippen LogP contribution in [0.5, 0.6) is 0 Å². The standard InChI is InChI=1S/C14H24N2O3S/c1-9(2)8-16(12-5-6-12)20(17,18)14-11(4)19-10(3)13(14)7-15/h9,12H,5-8,15H2,1-4H3. The predicted molar refractivity (Wildman–Crippen MR) is 77.8 cm³/mol. The fraction of sp³-hybridized carbons (Fsp3) is 0.714. The molecule has 1 aliphatic rings. The molecule has 0 atom stereocenters. The lowest BCUT2D eigenvalue weighted by molar-refractivity contribution is 0.359. The molecule has 1 heterocycles. The summed E-state index contributed by atoms with van der Waals surface area (Å²) in [5, 5.41) is 0. The van der Waals surface area contributed by atoms with Crippen LogP contribution in [0.15, 0.2) is 9.31 Å². The predicted octanol–water partition coefficient (Wildman–Crippen LogP) is 2.16. The number of sulfonamides is 1. The molecule has 1 aliphatic carbocycles. The van der Waals surface area contributed by atoms with Gasteiger partial charge in [0.25, 0.3) is 0 Å². The highest BCUT2D eigenvalue weighted by Gasteiger charge is 2.41. The molecule has 1 aromatic heterocycles. The molecule has 0 unspecified atom stereocenters. The van der Waals surface area contributed by atoms with E-state index < -0.39 is 10.0 Å². The van der Waals surface area contributed by atoms with E-state index in [-0.39, 0.29) is 17.5 Å². The Labute approximate surface area is 121 Å². The van der Waals surface area contributed by atoms with Gasteiger partial charge in [0.05, 0.1) is 0 Å². The molecule has 2 rings (SSSR count). The van der Waals surface area contributed by atoms with Crippen molar-refractivity contribution in [2.24, 2.45) is 11.7 Å². The third kappa shape index (κ3) is 2.77. The Morgan fingerprint density at radius 1 is 1.30 bits per heavy atom. The van der Waals surface area contributed by atoms with E-state index in [2.05, 4.69) is 0 Å². The summed E-state index contributed by atoms with van der Waals surface area (Å²) in [5.41, 5.74) is 6.32. The molecule has 0 aliphatic heterocycles. The average Bonchev–Trinajstić information content (AvgIpc) is 3.11. The smallest absolute Gasteiger partial charge is 0.247 e. The first-order chi connectivity index (χ1) is 9.28. The van der Waals surface area contributed by atoms with Crippen molar-refractivity contribution in [3.8, 4) is 0 Å². The molecule has 6 heteroatoms. The van der Waals surface area contributed by atoms with Crippen molar-refractivity contribution in [1.82, 2.24) is 4.31 Å². The van der Waals surface area contributed by atoms with E-state index in [0.717, 1.165) is 12.8 Å². The lowest BCUT2D eigenvalue weighted by Gasteiger charge is -2.24. The molecule has 1 saturated carbocycles. The third-order valence-electron chi connectivity index (χ3n) is 3.60. The minimum absolute atomic E-state index is 0.141. The van der Waals surface area contributed by atoms with E-state index in [1.807, 2.05) is 13.8 Å². The van der Waals surface area contributed by atoms with Gasteiger partial charge in [-0.05, 0) is 32.6 Å². The first kappa shape index (κ1) is 15.5. The molecule has 0 radical (unpaired) electrons. The number of nitrogens with zero attached hydrogens (tertiary/aromatic N) is 1. The van der Waals surface area contributed by atoms with Gasteiger partial charge in [0, 0.05) is 24.7 Å². The summed E-state index contributed by atoms with van der Waals surface area (Å²) >= 11 is 0. The normalized spacial score (nSPS) is 16.4. The molecule has 20 heavy (non-hydrogen) atoms. The maximum atomic E-state index is 13.0. The Balaban J connectivity index is 2.48. The van der Waals surface area contributed by atoms with Gasteiger partial charge < -0.3 is 10.2 Å². The summed E-state index contributed by atoms with van der Waals surface area (Å²) in [4.78, 5) is 0.282. The molecular formula is C14H24N2O3S. The lowest BCUT2D eigenvalue weighted by Crippen LogP contribution is -2.36. The Morgan fingerprint density at radius 3 is 2.35 bits per heavy atom. The number of nitrogens with two attached hydrogens (primary N) is 1. The van der Waals surface area contributed by atoms with E-state index in [9.17, 15) is 8.42 Å². The van der Waals surface area contributed by atoms with Crippen molar-refractivity contribution in [2.75, 3.05) is 6.54 Å². The highest BCUT2D eigenvalue weighted by Crippen LogP contribution is 2.36. The van der Waals surface area contributed by atoms with Crippen molar-refractivity contribution >= 4 is 10.0 Å². The van der Waals surface area contributed by atoms with Crippen LogP contribution >= 0.6 is 0 Å². The number of hydrogen-bond donors (Lipinski definition) is 1. The second-order valence-corrected chi connectivity index (χ2v) is 7.75. The number of furan rings is 1. The summed E-state index contributed by atoms with van der Waals surface area (Å²) in [6.45, 7) is 8.24. The van der Waals surface area contributed by atoms with Crippen LogP contribution in [0.25, 0.3) is 0 Å². The van der Waals surface area contributed by atoms with E-state index in [0.29, 0.717) is 29.5 Å². The maximum absolute atomic E-state index is 13.0. The van der Waals surface area contributed by atoms with Gasteiger partial charge in [-0.3, -0.25) is 0 Å². The molecule has 1 aromatic rings. The minimum atomic E-state index is -3.53. The quantitative estimate of drug-likeness (QED) is 0.873. The van der Waals surface area contributed by atoms with Gasteiger partial charge in [-0.1, -0.05) is 13.8 Å². The van der Waals surface area contributed by atoms with Crippen LogP contribution in [0.1, 0.15) is 43.8 Å². The molecule has 0 aromatic carbocycles. The first-order valence-corrected chi connectivity index (χ1v) is 8.53. The summed E-state index contributed by atoms with van der Waals surface area (Å²) in [6, 6.07) is 0.141. The van der Waals surface area contributed by atoms with Crippen LogP contribution < -0.4 is 5.73 Å². The van der Waals surface area contributed by atoms with Gasteiger partial charge in [-0.2, -0.15) is 4.31 Å². The molecule has 0 spiro atoms. The summed E-state index contributed by atoms with van der Waals surface area (Å²) in [6.07, 6.45) is 1.89. The fourth-order valence-corrected chi connectivity index (χ4v) is 4.84. The Kier molecular flexibility index (Phi) is 4.27. The topological polar surface area (TPSA) is 76.5 Å². The second-order valence-electron chi connectivity index (χ2n) is 5.93.